The van der Waals surface area contributed by atoms with E-state index >= 15 is 0 Å². The highest BCUT2D eigenvalue weighted by Gasteiger charge is 2.14. The minimum atomic E-state index is -0.807. The molecular weight excluding hydrogens is 250 g/mol. The van der Waals surface area contributed by atoms with E-state index in [1.54, 1.807) is 0 Å². The zero-order chi connectivity index (χ0) is 13.3. The average Bonchev–Trinajstić information content (AvgIpc) is 2.62. The van der Waals surface area contributed by atoms with Crippen molar-refractivity contribution in [2.75, 3.05) is 0 Å². The normalized spacial score (nSPS) is 11.1. The van der Waals surface area contributed by atoms with Gasteiger partial charge in [0.2, 0.25) is 0 Å². The summed E-state index contributed by atoms with van der Waals surface area (Å²) >= 11 is 6.15. The molecule has 0 fully saturated rings. The number of rotatable bonds is 4. The number of carboxylic acids is 1. The van der Waals surface area contributed by atoms with Crippen LogP contribution < -0.4 is 0 Å². The lowest BCUT2D eigenvalue weighted by molar-refractivity contribution is -0.136. The van der Waals surface area contributed by atoms with E-state index in [2.05, 4.69) is 11.5 Å². The Labute approximate surface area is 111 Å². The van der Waals surface area contributed by atoms with Gasteiger partial charge in [-0.1, -0.05) is 24.6 Å². The van der Waals surface area contributed by atoms with Crippen LogP contribution >= 0.6 is 11.6 Å². The van der Waals surface area contributed by atoms with Gasteiger partial charge < -0.3 is 9.67 Å². The summed E-state index contributed by atoms with van der Waals surface area (Å²) in [5, 5.41) is 10.7. The molecule has 4 heteroatoms. The van der Waals surface area contributed by atoms with Crippen molar-refractivity contribution in [3.8, 4) is 0 Å². The van der Waals surface area contributed by atoms with Crippen LogP contribution in [0.15, 0.2) is 18.3 Å². The Morgan fingerprint density at radius 2 is 2.17 bits per heavy atom. The molecule has 0 unspecified atom stereocenters. The van der Waals surface area contributed by atoms with Crippen molar-refractivity contribution >= 4 is 28.5 Å². The van der Waals surface area contributed by atoms with Gasteiger partial charge in [-0.25, -0.2) is 0 Å². The minimum Gasteiger partial charge on any atom is -0.481 e. The molecule has 0 atom stereocenters. The van der Waals surface area contributed by atoms with Gasteiger partial charge in [0.25, 0.3) is 0 Å². The predicted molar refractivity (Wildman–Crippen MR) is 73.3 cm³/mol. The van der Waals surface area contributed by atoms with Crippen LogP contribution in [-0.4, -0.2) is 15.6 Å². The number of benzene rings is 1. The average molecular weight is 266 g/mol. The number of carboxylic acid groups (broad SMARTS) is 1. The van der Waals surface area contributed by atoms with E-state index in [-0.39, 0.29) is 6.42 Å². The number of aromatic nitrogens is 1. The van der Waals surface area contributed by atoms with Gasteiger partial charge in [0.1, 0.15) is 0 Å². The van der Waals surface area contributed by atoms with Crippen LogP contribution in [0.25, 0.3) is 10.9 Å². The van der Waals surface area contributed by atoms with Gasteiger partial charge in [-0.3, -0.25) is 4.79 Å². The van der Waals surface area contributed by atoms with Crippen LogP contribution in [-0.2, 0) is 17.8 Å². The zero-order valence-electron chi connectivity index (χ0n) is 10.5. The lowest BCUT2D eigenvalue weighted by atomic mass is 10.1. The number of aryl methyl sites for hydroxylation is 2. The maximum absolute atomic E-state index is 10.9. The monoisotopic (exact) mass is 265 g/mol. The molecule has 1 aromatic carbocycles. The lowest BCUT2D eigenvalue weighted by Gasteiger charge is -2.06. The van der Waals surface area contributed by atoms with Crippen molar-refractivity contribution in [2.45, 2.75) is 33.2 Å². The first kappa shape index (κ1) is 13.0. The maximum Gasteiger partial charge on any atom is 0.307 e. The van der Waals surface area contributed by atoms with Crippen molar-refractivity contribution in [1.82, 2.24) is 4.57 Å². The van der Waals surface area contributed by atoms with Crippen LogP contribution in [0.3, 0.4) is 0 Å². The van der Waals surface area contributed by atoms with Crippen LogP contribution in [0, 0.1) is 6.92 Å². The molecule has 96 valence electrons. The number of hydrogen-bond donors (Lipinski definition) is 1. The summed E-state index contributed by atoms with van der Waals surface area (Å²) in [5.41, 5.74) is 2.92. The third-order valence-corrected chi connectivity index (χ3v) is 3.53. The molecule has 0 bridgehead atoms. The largest absolute Gasteiger partial charge is 0.481 e. The molecule has 0 aliphatic heterocycles. The second kappa shape index (κ2) is 5.02. The molecular formula is C14H16ClNO2. The second-order valence-corrected chi connectivity index (χ2v) is 4.89. The van der Waals surface area contributed by atoms with E-state index in [0.717, 1.165) is 40.0 Å². The van der Waals surface area contributed by atoms with Gasteiger partial charge in [0.15, 0.2) is 0 Å². The molecule has 0 radical (unpaired) electrons. The Morgan fingerprint density at radius 1 is 1.44 bits per heavy atom. The second-order valence-electron chi connectivity index (χ2n) is 4.49. The Morgan fingerprint density at radius 3 is 2.78 bits per heavy atom. The third kappa shape index (κ3) is 2.23. The van der Waals surface area contributed by atoms with E-state index in [0.29, 0.717) is 0 Å². The zero-order valence-corrected chi connectivity index (χ0v) is 11.3. The molecule has 0 saturated heterocycles. The molecule has 18 heavy (non-hydrogen) atoms. The molecule has 1 aromatic heterocycles. The summed E-state index contributed by atoms with van der Waals surface area (Å²) < 4.78 is 2.11. The van der Waals surface area contributed by atoms with Crippen molar-refractivity contribution in [2.24, 2.45) is 0 Å². The van der Waals surface area contributed by atoms with Gasteiger partial charge in [-0.05, 0) is 30.5 Å². The highest BCUT2D eigenvalue weighted by molar-refractivity contribution is 6.32. The van der Waals surface area contributed by atoms with Crippen molar-refractivity contribution in [3.63, 3.8) is 0 Å². The Kier molecular flexibility index (Phi) is 3.62. The van der Waals surface area contributed by atoms with E-state index in [1.165, 1.54) is 0 Å². The molecule has 0 aliphatic carbocycles. The first-order valence-electron chi connectivity index (χ1n) is 6.03. The predicted octanol–water partition coefficient (Wildman–Crippen LogP) is 3.64. The third-order valence-electron chi connectivity index (χ3n) is 3.12. The van der Waals surface area contributed by atoms with Crippen LogP contribution in [0.1, 0.15) is 24.5 Å². The molecule has 0 saturated carbocycles. The highest BCUT2D eigenvalue weighted by atomic mass is 35.5. The summed E-state index contributed by atoms with van der Waals surface area (Å²) in [4.78, 5) is 10.9. The van der Waals surface area contributed by atoms with E-state index in [4.69, 9.17) is 16.7 Å². The number of nitrogens with zero attached hydrogens (tertiary/aromatic N) is 1. The van der Waals surface area contributed by atoms with Gasteiger partial charge in [-0.2, -0.15) is 0 Å². The summed E-state index contributed by atoms with van der Waals surface area (Å²) in [6.07, 6.45) is 2.99. The highest BCUT2D eigenvalue weighted by Crippen LogP contribution is 2.29. The van der Waals surface area contributed by atoms with Gasteiger partial charge in [0.05, 0.1) is 11.9 Å². The van der Waals surface area contributed by atoms with Crippen LogP contribution in [0.5, 0.6) is 0 Å². The summed E-state index contributed by atoms with van der Waals surface area (Å²) in [6.45, 7) is 4.95. The molecule has 1 N–H and O–H groups in total. The van der Waals surface area contributed by atoms with Gasteiger partial charge in [0, 0.05) is 23.2 Å². The number of aliphatic carboxylic acids is 1. The Balaban J connectivity index is 2.67. The number of hydrogen-bond acceptors (Lipinski definition) is 1. The number of halogens is 1. The summed E-state index contributed by atoms with van der Waals surface area (Å²) in [6, 6.07) is 3.75. The minimum absolute atomic E-state index is 0.0499. The fraction of sp³-hybridized carbons (Fsp3) is 0.357. The summed E-state index contributed by atoms with van der Waals surface area (Å²) in [7, 11) is 0. The van der Waals surface area contributed by atoms with E-state index in [9.17, 15) is 4.79 Å². The quantitative estimate of drug-likeness (QED) is 0.917. The topological polar surface area (TPSA) is 42.2 Å². The van der Waals surface area contributed by atoms with E-state index < -0.39 is 5.97 Å². The smallest absolute Gasteiger partial charge is 0.307 e. The van der Waals surface area contributed by atoms with Gasteiger partial charge >= 0.3 is 5.97 Å². The van der Waals surface area contributed by atoms with Crippen LogP contribution in [0.4, 0.5) is 0 Å². The molecule has 0 amide bonds. The Hall–Kier alpha value is -1.48. The van der Waals surface area contributed by atoms with Crippen molar-refractivity contribution < 1.29 is 9.90 Å². The fourth-order valence-corrected chi connectivity index (χ4v) is 2.50. The Bertz CT molecular complexity index is 601. The summed E-state index contributed by atoms with van der Waals surface area (Å²) in [5.74, 6) is -0.807. The fourth-order valence-electron chi connectivity index (χ4n) is 2.35. The maximum atomic E-state index is 10.9. The van der Waals surface area contributed by atoms with Crippen molar-refractivity contribution in [3.05, 3.63) is 34.5 Å². The standard InChI is InChI=1S/C14H16ClNO2/c1-3-6-16-8-10(7-13(17)18)11-4-5-12(15)9(2)14(11)16/h4-5,8H,3,6-7H2,1-2H3,(H,17,18). The first-order chi connectivity index (χ1) is 8.54. The molecule has 0 aliphatic rings. The number of carbonyl (C=O) groups is 1. The SMILES string of the molecule is CCCn1cc(CC(=O)O)c2ccc(Cl)c(C)c21. The molecule has 3 nitrogen and oxygen atoms in total. The molecule has 0 spiro atoms. The molecule has 2 aromatic rings. The lowest BCUT2D eigenvalue weighted by Crippen LogP contribution is -1.99. The molecule has 1 heterocycles. The first-order valence-corrected chi connectivity index (χ1v) is 6.41. The van der Waals surface area contributed by atoms with E-state index in [1.807, 2.05) is 25.3 Å². The van der Waals surface area contributed by atoms with Gasteiger partial charge in [-0.15, -0.1) is 0 Å². The number of fused-ring (bicyclic) bond motifs is 1. The molecule has 2 rings (SSSR count). The van der Waals surface area contributed by atoms with Crippen LogP contribution in [0.2, 0.25) is 5.02 Å². The van der Waals surface area contributed by atoms with Crippen molar-refractivity contribution in [1.29, 1.82) is 0 Å².